The van der Waals surface area contributed by atoms with Gasteiger partial charge in [-0.1, -0.05) is 30.3 Å². The maximum atomic E-state index is 5.41. The lowest BCUT2D eigenvalue weighted by molar-refractivity contribution is 0.594. The van der Waals surface area contributed by atoms with Crippen LogP contribution < -0.4 is 0 Å². The van der Waals surface area contributed by atoms with E-state index in [1.807, 2.05) is 63.8 Å². The van der Waals surface area contributed by atoms with Crippen LogP contribution in [0.3, 0.4) is 0 Å². The summed E-state index contributed by atoms with van der Waals surface area (Å²) in [6.07, 6.45) is 8.39. The minimum absolute atomic E-state index is 0.566. The molecule has 4 rings (SSSR count). The SMILES string of the molecule is Cc1cnn(CCc2n[nH]c(=S)n2-c2cnn(Cc3ccccc3)c2)c1. The first kappa shape index (κ1) is 16.5. The Balaban J connectivity index is 1.54. The molecule has 0 aliphatic heterocycles. The van der Waals surface area contributed by atoms with Crippen LogP contribution in [0, 0.1) is 11.7 Å². The molecule has 0 atom stereocenters. The monoisotopic (exact) mass is 365 g/mol. The number of rotatable bonds is 6. The van der Waals surface area contributed by atoms with E-state index in [9.17, 15) is 0 Å². The number of H-pyrrole nitrogens is 1. The van der Waals surface area contributed by atoms with Crippen LogP contribution >= 0.6 is 12.2 Å². The quantitative estimate of drug-likeness (QED) is 0.534. The second-order valence-corrected chi connectivity index (χ2v) is 6.58. The van der Waals surface area contributed by atoms with Crippen LogP contribution in [0.15, 0.2) is 55.1 Å². The standard InChI is InChI=1S/C18H19N7S/c1-14-9-19-23(11-14)8-7-17-21-22-18(26)25(17)16-10-20-24(13-16)12-15-5-3-2-4-6-15/h2-6,9-11,13H,7-8,12H2,1H3,(H,22,26). The van der Waals surface area contributed by atoms with E-state index in [1.54, 1.807) is 0 Å². The molecule has 0 spiro atoms. The molecule has 26 heavy (non-hydrogen) atoms. The molecule has 0 saturated heterocycles. The number of nitrogens with zero attached hydrogens (tertiary/aromatic N) is 6. The van der Waals surface area contributed by atoms with Crippen LogP contribution in [-0.2, 0) is 19.5 Å². The molecule has 3 heterocycles. The van der Waals surface area contributed by atoms with Crippen molar-refractivity contribution in [3.05, 3.63) is 76.8 Å². The molecule has 0 aliphatic rings. The third-order valence-corrected chi connectivity index (χ3v) is 4.41. The van der Waals surface area contributed by atoms with Gasteiger partial charge in [0.05, 0.1) is 24.6 Å². The van der Waals surface area contributed by atoms with Crippen molar-refractivity contribution < 1.29 is 0 Å². The average Bonchev–Trinajstić information content (AvgIpc) is 3.35. The number of aryl methyl sites for hydroxylation is 3. The van der Waals surface area contributed by atoms with E-state index in [2.05, 4.69) is 32.5 Å². The summed E-state index contributed by atoms with van der Waals surface area (Å²) in [5.74, 6) is 0.863. The summed E-state index contributed by atoms with van der Waals surface area (Å²) in [5, 5.41) is 16.0. The Morgan fingerprint density at radius 2 is 1.85 bits per heavy atom. The van der Waals surface area contributed by atoms with E-state index in [1.165, 1.54) is 5.56 Å². The molecule has 1 aromatic carbocycles. The van der Waals surface area contributed by atoms with Crippen molar-refractivity contribution >= 4 is 12.2 Å². The van der Waals surface area contributed by atoms with Crippen molar-refractivity contribution in [2.45, 2.75) is 26.4 Å². The molecule has 0 unspecified atom stereocenters. The zero-order valence-corrected chi connectivity index (χ0v) is 15.2. The van der Waals surface area contributed by atoms with Crippen LogP contribution in [0.4, 0.5) is 0 Å². The van der Waals surface area contributed by atoms with Gasteiger partial charge in [0.1, 0.15) is 5.82 Å². The average molecular weight is 365 g/mol. The van der Waals surface area contributed by atoms with Gasteiger partial charge >= 0.3 is 0 Å². The first-order valence-corrected chi connectivity index (χ1v) is 8.82. The number of hydrogen-bond donors (Lipinski definition) is 1. The van der Waals surface area contributed by atoms with Gasteiger partial charge in [-0.25, -0.2) is 0 Å². The van der Waals surface area contributed by atoms with Crippen molar-refractivity contribution in [1.82, 2.24) is 34.3 Å². The number of aromatic nitrogens is 7. The molecule has 0 saturated carbocycles. The molecule has 0 amide bonds. The lowest BCUT2D eigenvalue weighted by atomic mass is 10.2. The molecular weight excluding hydrogens is 346 g/mol. The summed E-state index contributed by atoms with van der Waals surface area (Å²) in [6, 6.07) is 10.2. The second-order valence-electron chi connectivity index (χ2n) is 6.19. The maximum Gasteiger partial charge on any atom is 0.199 e. The Hall–Kier alpha value is -3.00. The molecule has 7 nitrogen and oxygen atoms in total. The molecule has 0 aliphatic carbocycles. The van der Waals surface area contributed by atoms with Gasteiger partial charge in [-0.2, -0.15) is 15.3 Å². The molecule has 8 heteroatoms. The van der Waals surface area contributed by atoms with Crippen LogP contribution in [0.25, 0.3) is 5.69 Å². The lowest BCUT2D eigenvalue weighted by Gasteiger charge is -2.05. The van der Waals surface area contributed by atoms with Gasteiger partial charge in [-0.05, 0) is 30.3 Å². The zero-order chi connectivity index (χ0) is 17.9. The minimum Gasteiger partial charge on any atom is -0.272 e. The fraction of sp³-hybridized carbons (Fsp3) is 0.222. The molecule has 132 valence electrons. The first-order valence-electron chi connectivity index (χ1n) is 8.41. The highest BCUT2D eigenvalue weighted by molar-refractivity contribution is 7.71. The third kappa shape index (κ3) is 3.50. The van der Waals surface area contributed by atoms with E-state index in [-0.39, 0.29) is 0 Å². The van der Waals surface area contributed by atoms with E-state index in [0.29, 0.717) is 11.3 Å². The van der Waals surface area contributed by atoms with E-state index >= 15 is 0 Å². The van der Waals surface area contributed by atoms with Crippen molar-refractivity contribution in [3.8, 4) is 5.69 Å². The summed E-state index contributed by atoms with van der Waals surface area (Å²) in [5.41, 5.74) is 3.25. The Labute approximate surface area is 155 Å². The third-order valence-electron chi connectivity index (χ3n) is 4.13. The van der Waals surface area contributed by atoms with Gasteiger partial charge in [-0.3, -0.25) is 19.0 Å². The molecule has 0 bridgehead atoms. The molecular formula is C18H19N7S. The summed E-state index contributed by atoms with van der Waals surface area (Å²) in [6.45, 7) is 3.49. The zero-order valence-electron chi connectivity index (χ0n) is 14.4. The van der Waals surface area contributed by atoms with Gasteiger partial charge in [-0.15, -0.1) is 0 Å². The Kier molecular flexibility index (Phi) is 4.49. The van der Waals surface area contributed by atoms with E-state index in [4.69, 9.17) is 12.2 Å². The van der Waals surface area contributed by atoms with Gasteiger partial charge in [0.25, 0.3) is 0 Å². The topological polar surface area (TPSA) is 69.2 Å². The largest absolute Gasteiger partial charge is 0.272 e. The molecule has 0 radical (unpaired) electrons. The van der Waals surface area contributed by atoms with Gasteiger partial charge in [0, 0.05) is 25.4 Å². The predicted octanol–water partition coefficient (Wildman–Crippen LogP) is 2.92. The second kappa shape index (κ2) is 7.09. The molecule has 4 aromatic rings. The van der Waals surface area contributed by atoms with Crippen molar-refractivity contribution in [2.24, 2.45) is 0 Å². The summed E-state index contributed by atoms with van der Waals surface area (Å²) in [7, 11) is 0. The van der Waals surface area contributed by atoms with Crippen molar-refractivity contribution in [3.63, 3.8) is 0 Å². The minimum atomic E-state index is 0.566. The summed E-state index contributed by atoms with van der Waals surface area (Å²) < 4.78 is 6.31. The molecule has 3 aromatic heterocycles. The normalized spacial score (nSPS) is 11.1. The molecule has 0 fully saturated rings. The molecule has 1 N–H and O–H groups in total. The summed E-state index contributed by atoms with van der Waals surface area (Å²) in [4.78, 5) is 0. The Morgan fingerprint density at radius 3 is 2.62 bits per heavy atom. The highest BCUT2D eigenvalue weighted by Gasteiger charge is 2.11. The van der Waals surface area contributed by atoms with Crippen LogP contribution in [-0.4, -0.2) is 34.3 Å². The van der Waals surface area contributed by atoms with E-state index < -0.39 is 0 Å². The Bertz CT molecular complexity index is 1050. The first-order chi connectivity index (χ1) is 12.7. The van der Waals surface area contributed by atoms with Gasteiger partial charge in [0.2, 0.25) is 0 Å². The summed E-state index contributed by atoms with van der Waals surface area (Å²) >= 11 is 5.41. The number of hydrogen-bond acceptors (Lipinski definition) is 4. The van der Waals surface area contributed by atoms with Crippen molar-refractivity contribution in [2.75, 3.05) is 0 Å². The highest BCUT2D eigenvalue weighted by atomic mass is 32.1. The maximum absolute atomic E-state index is 5.41. The van der Waals surface area contributed by atoms with Crippen LogP contribution in [0.5, 0.6) is 0 Å². The Morgan fingerprint density at radius 1 is 1.04 bits per heavy atom. The predicted molar refractivity (Wildman–Crippen MR) is 101 cm³/mol. The van der Waals surface area contributed by atoms with Gasteiger partial charge in [0.15, 0.2) is 4.77 Å². The van der Waals surface area contributed by atoms with Crippen LogP contribution in [0.2, 0.25) is 0 Å². The number of aromatic amines is 1. The van der Waals surface area contributed by atoms with E-state index in [0.717, 1.165) is 30.0 Å². The van der Waals surface area contributed by atoms with Crippen LogP contribution in [0.1, 0.15) is 17.0 Å². The number of benzene rings is 1. The lowest BCUT2D eigenvalue weighted by Crippen LogP contribution is -2.07. The van der Waals surface area contributed by atoms with Crippen molar-refractivity contribution in [1.29, 1.82) is 0 Å². The fourth-order valence-electron chi connectivity index (χ4n) is 2.89. The number of nitrogens with one attached hydrogen (secondary N) is 1. The smallest absolute Gasteiger partial charge is 0.199 e. The van der Waals surface area contributed by atoms with Gasteiger partial charge < -0.3 is 0 Å². The highest BCUT2D eigenvalue weighted by Crippen LogP contribution is 2.12. The fourth-order valence-corrected chi connectivity index (χ4v) is 3.15.